The summed E-state index contributed by atoms with van der Waals surface area (Å²) in [5.41, 5.74) is -8.10. The van der Waals surface area contributed by atoms with Gasteiger partial charge >= 0.3 is 18.0 Å². The van der Waals surface area contributed by atoms with Crippen LogP contribution in [0.3, 0.4) is 0 Å². The van der Waals surface area contributed by atoms with Crippen LogP contribution in [0.5, 0.6) is 0 Å². The molecule has 3 aliphatic carbocycles. The number of rotatable bonds is 7. The van der Waals surface area contributed by atoms with Crippen molar-refractivity contribution < 1.29 is 63.7 Å². The Morgan fingerprint density at radius 2 is 1.55 bits per heavy atom. The molecule has 1 amide bonds. The predicted molar refractivity (Wildman–Crippen MR) is 194 cm³/mol. The SMILES string of the molecule is CC1=C2[C@@H](O)C(=O)[C@@]3(C)[C@H]([C@H](OC(=O)c4ccccc4)[C@](O)(C[C@@H]1OC(=O)[C@H](O)[C@@H](NC(=O)OC(C)(C)C)c1ccccc1)C2(C)C)[C@]1(O)CO[C@@H]1C[C@@H]3O. The van der Waals surface area contributed by atoms with Gasteiger partial charge in [-0.05, 0) is 63.5 Å². The quantitative estimate of drug-likeness (QED) is 0.136. The zero-order valence-electron chi connectivity index (χ0n) is 32.0. The monoisotopic (exact) mass is 765 g/mol. The molecule has 4 aliphatic rings. The van der Waals surface area contributed by atoms with Crippen LogP contribution in [0.25, 0.3) is 0 Å². The summed E-state index contributed by atoms with van der Waals surface area (Å²) in [4.78, 5) is 55.5. The van der Waals surface area contributed by atoms with E-state index < -0.39 is 106 Å². The van der Waals surface area contributed by atoms with Crippen LogP contribution in [-0.2, 0) is 28.5 Å². The van der Waals surface area contributed by atoms with Crippen molar-refractivity contribution >= 4 is 23.8 Å². The Bertz CT molecular complexity index is 1860. The largest absolute Gasteiger partial charge is 0.456 e. The zero-order chi connectivity index (χ0) is 40.5. The molecule has 6 rings (SSSR count). The lowest BCUT2D eigenvalue weighted by Crippen LogP contribution is -2.81. The second kappa shape index (κ2) is 14.1. The second-order valence-electron chi connectivity index (χ2n) is 17.0. The molecule has 2 saturated carbocycles. The lowest BCUT2D eigenvalue weighted by Gasteiger charge is -2.66. The number of hydrogen-bond acceptors (Lipinski definition) is 13. The molecule has 2 bridgehead atoms. The Morgan fingerprint density at radius 1 is 0.945 bits per heavy atom. The molecular weight excluding hydrogens is 714 g/mol. The third-order valence-electron chi connectivity index (χ3n) is 12.3. The van der Waals surface area contributed by atoms with E-state index in [2.05, 4.69) is 5.32 Å². The highest BCUT2D eigenvalue weighted by Gasteiger charge is 2.76. The molecule has 11 atom stereocenters. The van der Waals surface area contributed by atoms with Crippen LogP contribution in [-0.4, -0.2) is 109 Å². The lowest BCUT2D eigenvalue weighted by molar-refractivity contribution is -0.343. The number of benzene rings is 2. The van der Waals surface area contributed by atoms with E-state index in [0.29, 0.717) is 5.56 Å². The van der Waals surface area contributed by atoms with Crippen molar-refractivity contribution in [2.75, 3.05) is 6.61 Å². The van der Waals surface area contributed by atoms with Gasteiger partial charge in [-0.2, -0.15) is 0 Å². The molecule has 1 heterocycles. The first-order valence-corrected chi connectivity index (χ1v) is 18.4. The molecule has 0 aromatic heterocycles. The van der Waals surface area contributed by atoms with Gasteiger partial charge in [0.1, 0.15) is 35.1 Å². The normalized spacial score (nSPS) is 35.0. The summed E-state index contributed by atoms with van der Waals surface area (Å²) in [7, 11) is 0. The van der Waals surface area contributed by atoms with Gasteiger partial charge in [-0.15, -0.1) is 0 Å². The van der Waals surface area contributed by atoms with Gasteiger partial charge in [0.25, 0.3) is 0 Å². The minimum Gasteiger partial charge on any atom is -0.456 e. The summed E-state index contributed by atoms with van der Waals surface area (Å²) >= 11 is 0. The maximum Gasteiger partial charge on any atom is 0.408 e. The minimum atomic E-state index is -2.31. The molecule has 298 valence electrons. The third kappa shape index (κ3) is 6.66. The summed E-state index contributed by atoms with van der Waals surface area (Å²) in [6.45, 7) is 10.6. The summed E-state index contributed by atoms with van der Waals surface area (Å²) in [6.07, 6.45) is -11.3. The number of hydrogen-bond donors (Lipinski definition) is 6. The first-order chi connectivity index (χ1) is 25.6. The highest BCUT2D eigenvalue weighted by Crippen LogP contribution is 2.63. The van der Waals surface area contributed by atoms with Crippen LogP contribution in [0.15, 0.2) is 71.8 Å². The molecule has 3 fully saturated rings. The highest BCUT2D eigenvalue weighted by atomic mass is 16.6. The van der Waals surface area contributed by atoms with Crippen molar-refractivity contribution in [3.8, 4) is 0 Å². The molecule has 2 aromatic rings. The number of aliphatic hydroxyl groups is 5. The Balaban J connectivity index is 1.45. The molecule has 55 heavy (non-hydrogen) atoms. The van der Waals surface area contributed by atoms with Crippen LogP contribution in [0, 0.1) is 16.7 Å². The number of aliphatic hydroxyl groups excluding tert-OH is 3. The van der Waals surface area contributed by atoms with Gasteiger partial charge in [-0.3, -0.25) is 4.79 Å². The fraction of sp³-hybridized carbons (Fsp3) is 0.561. The standard InChI is InChI=1S/C41H51NO13/c1-21-24(53-35(48)30(45)28(22-14-10-8-11-15-22)42-36(49)55-37(2,3)4)19-41(51)33(54-34(47)23-16-12-9-13-17-23)31-39(7,25(43)18-26-40(31,50)20-52-26)32(46)29(44)27(21)38(41,5)6/h8-17,24-26,28-31,33,43-45,50-51H,18-20H2,1-7H3,(H,42,49)/t24-,25-,26+,28-,29+,30+,31-,33-,39+,40-,41+/m0/s1. The van der Waals surface area contributed by atoms with Crippen molar-refractivity contribution in [2.45, 2.75) is 121 Å². The number of ether oxygens (including phenoxy) is 4. The summed E-state index contributed by atoms with van der Waals surface area (Å²) < 4.78 is 23.2. The van der Waals surface area contributed by atoms with E-state index in [-0.39, 0.29) is 29.7 Å². The van der Waals surface area contributed by atoms with Gasteiger partial charge in [0, 0.05) is 24.2 Å². The number of ketones is 1. The van der Waals surface area contributed by atoms with E-state index in [4.69, 9.17) is 18.9 Å². The van der Waals surface area contributed by atoms with Gasteiger partial charge in [-0.1, -0.05) is 62.4 Å². The summed E-state index contributed by atoms with van der Waals surface area (Å²) in [6, 6.07) is 14.7. The van der Waals surface area contributed by atoms with Gasteiger partial charge in [0.2, 0.25) is 0 Å². The van der Waals surface area contributed by atoms with E-state index >= 15 is 0 Å². The maximum absolute atomic E-state index is 14.7. The van der Waals surface area contributed by atoms with Crippen LogP contribution in [0.4, 0.5) is 4.79 Å². The first-order valence-electron chi connectivity index (χ1n) is 18.4. The maximum atomic E-state index is 14.7. The number of carbonyl (C=O) groups excluding carboxylic acids is 4. The second-order valence-corrected chi connectivity index (χ2v) is 17.0. The molecule has 14 heteroatoms. The minimum absolute atomic E-state index is 0.0448. The fourth-order valence-electron chi connectivity index (χ4n) is 9.16. The molecule has 1 aliphatic heterocycles. The van der Waals surface area contributed by atoms with E-state index in [1.54, 1.807) is 83.1 Å². The molecule has 0 spiro atoms. The summed E-state index contributed by atoms with van der Waals surface area (Å²) in [5, 5.41) is 63.2. The molecule has 0 unspecified atom stereocenters. The molecular formula is C41H51NO13. The predicted octanol–water partition coefficient (Wildman–Crippen LogP) is 2.69. The number of fused-ring (bicyclic) bond motifs is 5. The average Bonchev–Trinajstić information content (AvgIpc) is 3.12. The molecule has 0 radical (unpaired) electrons. The first kappa shape index (κ1) is 40.5. The van der Waals surface area contributed by atoms with E-state index in [0.717, 1.165) is 0 Å². The topological polar surface area (TPSA) is 218 Å². The van der Waals surface area contributed by atoms with Crippen molar-refractivity contribution in [1.29, 1.82) is 0 Å². The van der Waals surface area contributed by atoms with E-state index in [1.807, 2.05) is 0 Å². The van der Waals surface area contributed by atoms with Crippen molar-refractivity contribution in [3.05, 3.63) is 82.9 Å². The smallest absolute Gasteiger partial charge is 0.408 e. The van der Waals surface area contributed by atoms with Gasteiger partial charge in [-0.25, -0.2) is 14.4 Å². The van der Waals surface area contributed by atoms with Crippen LogP contribution in [0.1, 0.15) is 83.3 Å². The van der Waals surface area contributed by atoms with Crippen LogP contribution < -0.4 is 5.32 Å². The van der Waals surface area contributed by atoms with Gasteiger partial charge in [0.15, 0.2) is 11.9 Å². The number of amides is 1. The fourth-order valence-corrected chi connectivity index (χ4v) is 9.16. The molecule has 1 saturated heterocycles. The molecule has 2 aromatic carbocycles. The number of nitrogens with one attached hydrogen (secondary N) is 1. The number of Topliss-reactive ketones (excluding diaryl/α,β-unsaturated/α-hetero) is 1. The molecule has 6 N–H and O–H groups in total. The number of carbonyl (C=O) groups is 4. The van der Waals surface area contributed by atoms with Crippen LogP contribution >= 0.6 is 0 Å². The lowest BCUT2D eigenvalue weighted by atomic mass is 9.44. The average molecular weight is 766 g/mol. The highest BCUT2D eigenvalue weighted by molar-refractivity contribution is 5.94. The number of esters is 2. The third-order valence-corrected chi connectivity index (χ3v) is 12.3. The van der Waals surface area contributed by atoms with E-state index in [1.165, 1.54) is 26.0 Å². The summed E-state index contributed by atoms with van der Waals surface area (Å²) in [5.74, 6) is -4.55. The number of alkyl carbamates (subject to hydrolysis) is 1. The Labute approximate surface area is 319 Å². The molecule has 14 nitrogen and oxygen atoms in total. The van der Waals surface area contributed by atoms with Crippen molar-refractivity contribution in [3.63, 3.8) is 0 Å². The van der Waals surface area contributed by atoms with Gasteiger partial charge < -0.3 is 49.8 Å². The zero-order valence-corrected chi connectivity index (χ0v) is 32.0. The van der Waals surface area contributed by atoms with Crippen LogP contribution in [0.2, 0.25) is 0 Å². The van der Waals surface area contributed by atoms with E-state index in [9.17, 15) is 44.7 Å². The Hall–Kier alpha value is -4.18. The Kier molecular flexibility index (Phi) is 10.4. The van der Waals surface area contributed by atoms with Gasteiger partial charge in [0.05, 0.1) is 35.8 Å². The van der Waals surface area contributed by atoms with Crippen molar-refractivity contribution in [2.24, 2.45) is 16.7 Å². The van der Waals surface area contributed by atoms with Crippen molar-refractivity contribution in [1.82, 2.24) is 5.32 Å². The Morgan fingerprint density at radius 3 is 2.11 bits per heavy atom.